The molecule has 0 amide bonds. The van der Waals surface area contributed by atoms with Crippen molar-refractivity contribution in [1.82, 2.24) is 0 Å². The van der Waals surface area contributed by atoms with Crippen LogP contribution in [-0.2, 0) is 0 Å². The van der Waals surface area contributed by atoms with Gasteiger partial charge in [0.25, 0.3) is 5.43 Å². The van der Waals surface area contributed by atoms with Crippen molar-refractivity contribution in [3.63, 3.8) is 0 Å². The molecule has 0 saturated carbocycles. The highest BCUT2D eigenvalue weighted by Crippen LogP contribution is 2.32. The maximum atomic E-state index is 11.6. The average Bonchev–Trinajstić information content (AvgIpc) is 2.57. The zero-order chi connectivity index (χ0) is 15.7. The molecule has 2 aromatic carbocycles. The smallest absolute Gasteiger partial charge is 0.268 e. The Morgan fingerprint density at radius 3 is 2.64 bits per heavy atom. The van der Waals surface area contributed by atoms with Gasteiger partial charge in [0.2, 0.25) is 5.43 Å². The van der Waals surface area contributed by atoms with Gasteiger partial charge in [-0.2, -0.15) is 0 Å². The molecular formula is C18H17NO3. The maximum absolute atomic E-state index is 11.6. The van der Waals surface area contributed by atoms with E-state index in [1.807, 2.05) is 36.4 Å². The summed E-state index contributed by atoms with van der Waals surface area (Å²) in [6.45, 7) is 2.94. The number of para-hydroxylation sites is 1. The molecule has 0 fully saturated rings. The zero-order valence-electron chi connectivity index (χ0n) is 12.4. The van der Waals surface area contributed by atoms with Crippen molar-refractivity contribution in [3.05, 3.63) is 67.6 Å². The van der Waals surface area contributed by atoms with Crippen LogP contribution in [0.15, 0.2) is 45.6 Å². The standard InChI is InChI=1S/C18H17NO3/c1-2-3-10-19-13(11-14-16(20)18(22)17(14)21)9-8-12-6-4-5-7-15(12)19/h4-9,11,20H,2-3,10H2,1H3/b13-11-. The van der Waals surface area contributed by atoms with Gasteiger partial charge in [-0.1, -0.05) is 37.6 Å². The lowest BCUT2D eigenvalue weighted by atomic mass is 10.0. The van der Waals surface area contributed by atoms with Gasteiger partial charge < -0.3 is 10.0 Å². The summed E-state index contributed by atoms with van der Waals surface area (Å²) < 4.78 is 0. The molecule has 1 N–H and O–H groups in total. The molecule has 0 aliphatic carbocycles. The Balaban J connectivity index is 2.04. The number of aromatic hydroxyl groups is 1. The largest absolute Gasteiger partial charge is 0.504 e. The van der Waals surface area contributed by atoms with Crippen LogP contribution in [0.2, 0.25) is 0 Å². The quantitative estimate of drug-likeness (QED) is 0.881. The second-order valence-electron chi connectivity index (χ2n) is 5.39. The van der Waals surface area contributed by atoms with Crippen molar-refractivity contribution >= 4 is 17.8 Å². The Morgan fingerprint density at radius 2 is 1.91 bits per heavy atom. The van der Waals surface area contributed by atoms with Crippen LogP contribution >= 0.6 is 0 Å². The Bertz CT molecular complexity index is 838. The van der Waals surface area contributed by atoms with E-state index >= 15 is 0 Å². The average molecular weight is 295 g/mol. The van der Waals surface area contributed by atoms with Crippen molar-refractivity contribution in [2.75, 3.05) is 11.4 Å². The van der Waals surface area contributed by atoms with E-state index in [1.54, 1.807) is 6.08 Å². The van der Waals surface area contributed by atoms with E-state index in [0.717, 1.165) is 36.3 Å². The summed E-state index contributed by atoms with van der Waals surface area (Å²) in [6.07, 6.45) is 7.56. The maximum Gasteiger partial charge on any atom is 0.268 e. The Kier molecular flexibility index (Phi) is 3.67. The van der Waals surface area contributed by atoms with Gasteiger partial charge in [-0.15, -0.1) is 0 Å². The summed E-state index contributed by atoms with van der Waals surface area (Å²) >= 11 is 0. The first-order valence-corrected chi connectivity index (χ1v) is 7.42. The number of hydrogen-bond acceptors (Lipinski definition) is 4. The fourth-order valence-electron chi connectivity index (χ4n) is 2.65. The molecule has 0 atom stereocenters. The van der Waals surface area contributed by atoms with Gasteiger partial charge in [-0.25, -0.2) is 0 Å². The van der Waals surface area contributed by atoms with Crippen molar-refractivity contribution in [2.45, 2.75) is 19.8 Å². The summed E-state index contributed by atoms with van der Waals surface area (Å²) in [6, 6.07) is 8.03. The molecular weight excluding hydrogens is 278 g/mol. The number of rotatable bonds is 4. The van der Waals surface area contributed by atoms with Gasteiger partial charge in [0.15, 0.2) is 5.75 Å². The molecule has 0 unspecified atom stereocenters. The normalized spacial score (nSPS) is 15.5. The van der Waals surface area contributed by atoms with Crippen molar-refractivity contribution in [3.8, 4) is 5.75 Å². The van der Waals surface area contributed by atoms with Crippen LogP contribution in [0.1, 0.15) is 30.9 Å². The lowest BCUT2D eigenvalue weighted by molar-refractivity contribution is 0.461. The number of unbranched alkanes of at least 4 members (excludes halogenated alkanes) is 1. The predicted octanol–water partition coefficient (Wildman–Crippen LogP) is 2.66. The number of hydrogen-bond donors (Lipinski definition) is 1. The molecule has 1 heterocycles. The monoisotopic (exact) mass is 295 g/mol. The second-order valence-corrected chi connectivity index (χ2v) is 5.39. The fraction of sp³-hybridized carbons (Fsp3) is 0.222. The van der Waals surface area contributed by atoms with Crippen LogP contribution in [0, 0.1) is 0 Å². The van der Waals surface area contributed by atoms with Crippen LogP contribution in [0.3, 0.4) is 0 Å². The summed E-state index contributed by atoms with van der Waals surface area (Å²) in [5.74, 6) is -0.430. The van der Waals surface area contributed by atoms with Gasteiger partial charge >= 0.3 is 0 Å². The van der Waals surface area contributed by atoms with Crippen molar-refractivity contribution in [1.29, 1.82) is 0 Å². The van der Waals surface area contributed by atoms with E-state index in [1.165, 1.54) is 0 Å². The van der Waals surface area contributed by atoms with Gasteiger partial charge in [0, 0.05) is 17.9 Å². The van der Waals surface area contributed by atoms with E-state index in [2.05, 4.69) is 11.8 Å². The van der Waals surface area contributed by atoms with Crippen LogP contribution < -0.4 is 15.8 Å². The molecule has 0 bridgehead atoms. The van der Waals surface area contributed by atoms with E-state index in [9.17, 15) is 14.7 Å². The SMILES string of the molecule is CCCCN1/C(=C\c2c(O)c(=O)c2=O)C=Cc2ccccc21. The lowest BCUT2D eigenvalue weighted by Crippen LogP contribution is -2.33. The first-order valence-electron chi connectivity index (χ1n) is 7.42. The molecule has 4 heteroatoms. The minimum Gasteiger partial charge on any atom is -0.504 e. The van der Waals surface area contributed by atoms with E-state index in [-0.39, 0.29) is 5.56 Å². The Morgan fingerprint density at radius 1 is 1.14 bits per heavy atom. The van der Waals surface area contributed by atoms with Crippen LogP contribution in [0.5, 0.6) is 5.75 Å². The third-order valence-electron chi connectivity index (χ3n) is 3.92. The lowest BCUT2D eigenvalue weighted by Gasteiger charge is -2.30. The summed E-state index contributed by atoms with van der Waals surface area (Å²) in [5, 5.41) is 9.56. The molecule has 22 heavy (non-hydrogen) atoms. The van der Waals surface area contributed by atoms with Gasteiger partial charge in [-0.3, -0.25) is 9.59 Å². The minimum atomic E-state index is -0.799. The first kappa shape index (κ1) is 14.3. The molecule has 0 saturated heterocycles. The van der Waals surface area contributed by atoms with Crippen LogP contribution in [0.25, 0.3) is 12.2 Å². The Hall–Kier alpha value is -2.62. The number of benzene rings is 1. The molecule has 3 rings (SSSR count). The molecule has 1 aliphatic heterocycles. The zero-order valence-corrected chi connectivity index (χ0v) is 12.4. The highest BCUT2D eigenvalue weighted by atomic mass is 16.3. The highest BCUT2D eigenvalue weighted by molar-refractivity contribution is 5.80. The van der Waals surface area contributed by atoms with E-state index in [0.29, 0.717) is 0 Å². The number of fused-ring (bicyclic) bond motifs is 1. The summed E-state index contributed by atoms with van der Waals surface area (Å²) in [7, 11) is 0. The van der Waals surface area contributed by atoms with Crippen LogP contribution in [-0.4, -0.2) is 11.7 Å². The fourth-order valence-corrected chi connectivity index (χ4v) is 2.65. The molecule has 1 aliphatic rings. The highest BCUT2D eigenvalue weighted by Gasteiger charge is 2.22. The van der Waals surface area contributed by atoms with E-state index < -0.39 is 16.6 Å². The molecule has 2 aromatic rings. The van der Waals surface area contributed by atoms with Crippen molar-refractivity contribution in [2.24, 2.45) is 0 Å². The molecule has 4 nitrogen and oxygen atoms in total. The molecule has 0 spiro atoms. The predicted molar refractivity (Wildman–Crippen MR) is 88.7 cm³/mol. The second kappa shape index (κ2) is 5.64. The van der Waals surface area contributed by atoms with Gasteiger partial charge in [-0.05, 0) is 30.2 Å². The third-order valence-corrected chi connectivity index (χ3v) is 3.92. The number of nitrogens with zero attached hydrogens (tertiary/aromatic N) is 1. The molecule has 0 aromatic heterocycles. The van der Waals surface area contributed by atoms with Crippen molar-refractivity contribution < 1.29 is 5.11 Å². The number of allylic oxidation sites excluding steroid dienone is 1. The number of anilines is 1. The first-order chi connectivity index (χ1) is 10.6. The minimum absolute atomic E-state index is 0.102. The van der Waals surface area contributed by atoms with Gasteiger partial charge in [0.05, 0.1) is 5.56 Å². The third kappa shape index (κ3) is 2.26. The summed E-state index contributed by atoms with van der Waals surface area (Å²) in [4.78, 5) is 24.8. The van der Waals surface area contributed by atoms with Gasteiger partial charge in [0.1, 0.15) is 0 Å². The Labute approximate surface area is 128 Å². The summed E-state index contributed by atoms with van der Waals surface area (Å²) in [5.41, 5.74) is 1.69. The topological polar surface area (TPSA) is 57.6 Å². The van der Waals surface area contributed by atoms with Crippen LogP contribution in [0.4, 0.5) is 5.69 Å². The molecule has 112 valence electrons. The van der Waals surface area contributed by atoms with E-state index in [4.69, 9.17) is 0 Å². The molecule has 0 radical (unpaired) electrons.